The van der Waals surface area contributed by atoms with Crippen molar-refractivity contribution >= 4 is 17.6 Å². The van der Waals surface area contributed by atoms with Crippen LogP contribution in [-0.2, 0) is 36.0 Å². The van der Waals surface area contributed by atoms with Gasteiger partial charge in [-0.3, -0.25) is 14.3 Å². The first kappa shape index (κ1) is 17.6. The Morgan fingerprint density at radius 3 is 2.67 bits per heavy atom. The van der Waals surface area contributed by atoms with E-state index < -0.39 is 0 Å². The molecule has 2 amide bonds. The van der Waals surface area contributed by atoms with Crippen LogP contribution in [0.2, 0.25) is 0 Å². The average molecular weight is 368 g/mol. The van der Waals surface area contributed by atoms with Crippen molar-refractivity contribution in [3.8, 4) is 5.75 Å². The Balaban J connectivity index is 1.46. The van der Waals surface area contributed by atoms with Gasteiger partial charge in [0, 0.05) is 37.2 Å². The molecule has 1 N–H and O–H groups in total. The summed E-state index contributed by atoms with van der Waals surface area (Å²) in [5, 5.41) is 7.42. The first-order chi connectivity index (χ1) is 13.0. The van der Waals surface area contributed by atoms with E-state index in [9.17, 15) is 9.59 Å². The van der Waals surface area contributed by atoms with Crippen molar-refractivity contribution in [2.45, 2.75) is 32.2 Å². The fraction of sp³-hybridized carbons (Fsp3) is 0.450. The topological polar surface area (TPSA) is 76.5 Å². The summed E-state index contributed by atoms with van der Waals surface area (Å²) in [5.74, 6) is 1.62. The van der Waals surface area contributed by atoms with E-state index in [2.05, 4.69) is 10.4 Å². The predicted octanol–water partition coefficient (Wildman–Crippen LogP) is 1.90. The molecular weight excluding hydrogens is 344 g/mol. The monoisotopic (exact) mass is 368 g/mol. The zero-order chi connectivity index (χ0) is 19.0. The van der Waals surface area contributed by atoms with Gasteiger partial charge >= 0.3 is 0 Å². The molecule has 7 heteroatoms. The highest BCUT2D eigenvalue weighted by Gasteiger charge is 2.32. The van der Waals surface area contributed by atoms with Crippen LogP contribution >= 0.6 is 0 Å². The third-order valence-electron chi connectivity index (χ3n) is 5.30. The molecule has 0 bridgehead atoms. The Morgan fingerprint density at radius 2 is 2.00 bits per heavy atom. The van der Waals surface area contributed by atoms with E-state index in [0.29, 0.717) is 25.3 Å². The van der Waals surface area contributed by atoms with Crippen molar-refractivity contribution in [3.63, 3.8) is 0 Å². The van der Waals surface area contributed by atoms with Crippen molar-refractivity contribution in [2.75, 3.05) is 19.0 Å². The molecule has 1 aliphatic heterocycles. The third-order valence-corrected chi connectivity index (χ3v) is 5.30. The third kappa shape index (κ3) is 3.67. The number of nitrogens with one attached hydrogen (secondary N) is 1. The second kappa shape index (κ2) is 7.06. The molecule has 1 aromatic heterocycles. The van der Waals surface area contributed by atoms with Gasteiger partial charge in [0.1, 0.15) is 5.75 Å². The largest absolute Gasteiger partial charge is 0.497 e. The molecule has 27 heavy (non-hydrogen) atoms. The molecule has 0 saturated heterocycles. The van der Waals surface area contributed by atoms with E-state index in [1.54, 1.807) is 7.11 Å². The number of carbonyl (C=O) groups excluding carboxylic acids is 2. The van der Waals surface area contributed by atoms with Gasteiger partial charge in [-0.1, -0.05) is 12.1 Å². The van der Waals surface area contributed by atoms with Crippen LogP contribution in [0.1, 0.15) is 29.7 Å². The molecule has 1 aliphatic carbocycles. The molecule has 0 unspecified atom stereocenters. The Labute approximate surface area is 158 Å². The number of methoxy groups -OCH3 is 1. The van der Waals surface area contributed by atoms with E-state index in [0.717, 1.165) is 41.8 Å². The van der Waals surface area contributed by atoms with Crippen molar-refractivity contribution in [1.82, 2.24) is 14.7 Å². The summed E-state index contributed by atoms with van der Waals surface area (Å²) in [6, 6.07) is 7.56. The van der Waals surface area contributed by atoms with Crippen molar-refractivity contribution in [1.29, 1.82) is 0 Å². The van der Waals surface area contributed by atoms with Crippen LogP contribution in [0.25, 0.3) is 0 Å². The van der Waals surface area contributed by atoms with Gasteiger partial charge in [0.25, 0.3) is 0 Å². The van der Waals surface area contributed by atoms with Crippen LogP contribution < -0.4 is 10.1 Å². The summed E-state index contributed by atoms with van der Waals surface area (Å²) < 4.78 is 6.98. The highest BCUT2D eigenvalue weighted by molar-refractivity contribution is 5.94. The minimum absolute atomic E-state index is 0.0394. The van der Waals surface area contributed by atoms with E-state index in [1.807, 2.05) is 40.9 Å². The number of hydrogen-bond acceptors (Lipinski definition) is 4. The predicted molar refractivity (Wildman–Crippen MR) is 100 cm³/mol. The molecule has 4 rings (SSSR count). The lowest BCUT2D eigenvalue weighted by Crippen LogP contribution is -2.37. The highest BCUT2D eigenvalue weighted by atomic mass is 16.5. The molecule has 7 nitrogen and oxygen atoms in total. The number of aryl methyl sites for hydroxylation is 1. The van der Waals surface area contributed by atoms with Crippen molar-refractivity contribution in [2.24, 2.45) is 13.0 Å². The lowest BCUT2D eigenvalue weighted by molar-refractivity contribution is -0.131. The van der Waals surface area contributed by atoms with Crippen molar-refractivity contribution < 1.29 is 14.3 Å². The number of hydrogen-bond donors (Lipinski definition) is 1. The van der Waals surface area contributed by atoms with Crippen LogP contribution in [0, 0.1) is 5.92 Å². The minimum atomic E-state index is 0.0394. The fourth-order valence-corrected chi connectivity index (χ4v) is 3.50. The second-order valence-corrected chi connectivity index (χ2v) is 7.25. The number of ether oxygens (including phenoxy) is 1. The lowest BCUT2D eigenvalue weighted by atomic mass is 10.1. The van der Waals surface area contributed by atoms with Crippen LogP contribution in [0.15, 0.2) is 24.3 Å². The molecule has 2 aliphatic rings. The summed E-state index contributed by atoms with van der Waals surface area (Å²) in [6.07, 6.45) is 3.00. The molecule has 1 saturated carbocycles. The number of anilines is 1. The number of benzene rings is 1. The maximum atomic E-state index is 12.8. The van der Waals surface area contributed by atoms with Gasteiger partial charge in [0.2, 0.25) is 11.8 Å². The van der Waals surface area contributed by atoms with Crippen LogP contribution in [0.4, 0.5) is 5.82 Å². The maximum Gasteiger partial charge on any atom is 0.228 e. The minimum Gasteiger partial charge on any atom is -0.497 e. The van der Waals surface area contributed by atoms with Gasteiger partial charge in [0.15, 0.2) is 5.82 Å². The molecule has 1 aromatic carbocycles. The summed E-state index contributed by atoms with van der Waals surface area (Å²) in [6.45, 7) is 1.15. The molecule has 0 spiro atoms. The standard InChI is InChI=1S/C20H24N4O3/c1-23-17-9-10-24(18(25)11-13-3-7-15(27-2)8-4-13)12-16(17)19(22-23)21-20(26)14-5-6-14/h3-4,7-8,14H,5-6,9-12H2,1-2H3,(H,21,22,26). The molecule has 2 aromatic rings. The molecule has 2 heterocycles. The Morgan fingerprint density at radius 1 is 1.26 bits per heavy atom. The van der Waals surface area contributed by atoms with Crippen molar-refractivity contribution in [3.05, 3.63) is 41.1 Å². The van der Waals surface area contributed by atoms with Gasteiger partial charge in [0.05, 0.1) is 20.1 Å². The molecule has 0 radical (unpaired) electrons. The Hall–Kier alpha value is -2.83. The fourth-order valence-electron chi connectivity index (χ4n) is 3.50. The number of fused-ring (bicyclic) bond motifs is 1. The normalized spacial score (nSPS) is 16.0. The molecular formula is C20H24N4O3. The maximum absolute atomic E-state index is 12.8. The van der Waals surface area contributed by atoms with Gasteiger partial charge in [-0.25, -0.2) is 0 Å². The van der Waals surface area contributed by atoms with Gasteiger partial charge in [-0.15, -0.1) is 0 Å². The Kier molecular flexibility index (Phi) is 4.59. The summed E-state index contributed by atoms with van der Waals surface area (Å²) >= 11 is 0. The number of nitrogens with zero attached hydrogens (tertiary/aromatic N) is 3. The average Bonchev–Trinajstić information content (AvgIpc) is 3.48. The van der Waals surface area contributed by atoms with E-state index in [4.69, 9.17) is 4.74 Å². The Bertz CT molecular complexity index is 868. The first-order valence-electron chi connectivity index (χ1n) is 9.31. The van der Waals surface area contributed by atoms with Gasteiger partial charge in [-0.05, 0) is 30.5 Å². The quantitative estimate of drug-likeness (QED) is 0.875. The van der Waals surface area contributed by atoms with Crippen LogP contribution in [0.5, 0.6) is 5.75 Å². The number of amides is 2. The molecule has 142 valence electrons. The van der Waals surface area contributed by atoms with Crippen LogP contribution in [-0.4, -0.2) is 40.1 Å². The highest BCUT2D eigenvalue weighted by Crippen LogP contribution is 2.32. The SMILES string of the molecule is COc1ccc(CC(=O)N2CCc3c(c(NC(=O)C4CC4)nn3C)C2)cc1. The zero-order valence-electron chi connectivity index (χ0n) is 15.7. The smallest absolute Gasteiger partial charge is 0.228 e. The van der Waals surface area contributed by atoms with Crippen LogP contribution in [0.3, 0.4) is 0 Å². The number of rotatable bonds is 5. The van der Waals surface area contributed by atoms with Gasteiger partial charge in [-0.2, -0.15) is 5.10 Å². The zero-order valence-corrected chi connectivity index (χ0v) is 15.7. The first-order valence-corrected chi connectivity index (χ1v) is 9.31. The second-order valence-electron chi connectivity index (χ2n) is 7.25. The summed E-state index contributed by atoms with van der Waals surface area (Å²) in [7, 11) is 3.51. The van der Waals surface area contributed by atoms with E-state index in [-0.39, 0.29) is 17.7 Å². The lowest BCUT2D eigenvalue weighted by Gasteiger charge is -2.27. The van der Waals surface area contributed by atoms with E-state index >= 15 is 0 Å². The summed E-state index contributed by atoms with van der Waals surface area (Å²) in [5.41, 5.74) is 3.01. The van der Waals surface area contributed by atoms with Gasteiger partial charge < -0.3 is 15.0 Å². The molecule has 0 atom stereocenters. The summed E-state index contributed by atoms with van der Waals surface area (Å²) in [4.78, 5) is 26.7. The van der Waals surface area contributed by atoms with E-state index in [1.165, 1.54) is 0 Å². The number of aromatic nitrogens is 2. The number of carbonyl (C=O) groups is 2. The molecule has 1 fully saturated rings.